The van der Waals surface area contributed by atoms with Crippen LogP contribution in [-0.4, -0.2) is 0 Å². The zero-order valence-corrected chi connectivity index (χ0v) is 11.9. The lowest BCUT2D eigenvalue weighted by molar-refractivity contribution is 0.749. The van der Waals surface area contributed by atoms with Crippen molar-refractivity contribution in [1.82, 2.24) is 0 Å². The highest BCUT2D eigenvalue weighted by molar-refractivity contribution is 5.46. The van der Waals surface area contributed by atoms with Gasteiger partial charge in [0.1, 0.15) is 0 Å². The Balaban J connectivity index is 2.06. The van der Waals surface area contributed by atoms with Gasteiger partial charge in [0.05, 0.1) is 6.04 Å². The first kappa shape index (κ1) is 13.7. The highest BCUT2D eigenvalue weighted by atomic mass is 14.9. The molecule has 0 saturated heterocycles. The normalized spacial score (nSPS) is 12.1. The molecule has 2 aromatic carbocycles. The molecular formula is C18H23N. The molecule has 1 N–H and O–H groups in total. The van der Waals surface area contributed by atoms with Gasteiger partial charge in [-0.25, -0.2) is 0 Å². The summed E-state index contributed by atoms with van der Waals surface area (Å²) in [4.78, 5) is 0. The summed E-state index contributed by atoms with van der Waals surface area (Å²) < 4.78 is 0. The molecule has 100 valence electrons. The average Bonchev–Trinajstić information content (AvgIpc) is 2.48. The second-order valence-corrected chi connectivity index (χ2v) is 4.96. The van der Waals surface area contributed by atoms with Crippen LogP contribution < -0.4 is 5.32 Å². The Bertz CT molecular complexity index is 473. The summed E-state index contributed by atoms with van der Waals surface area (Å²) in [6, 6.07) is 19.9. The lowest BCUT2D eigenvalue weighted by Gasteiger charge is -2.19. The smallest absolute Gasteiger partial charge is 0.0511 e. The SMILES string of the molecule is CCCc1ccc(NC(CC)c2ccccc2)cc1. The molecule has 0 aliphatic heterocycles. The zero-order valence-electron chi connectivity index (χ0n) is 11.9. The van der Waals surface area contributed by atoms with Crippen molar-refractivity contribution in [2.75, 3.05) is 5.32 Å². The highest BCUT2D eigenvalue weighted by Crippen LogP contribution is 2.22. The Hall–Kier alpha value is -1.76. The van der Waals surface area contributed by atoms with E-state index in [-0.39, 0.29) is 0 Å². The van der Waals surface area contributed by atoms with Gasteiger partial charge in [0.2, 0.25) is 0 Å². The number of hydrogen-bond donors (Lipinski definition) is 1. The number of hydrogen-bond acceptors (Lipinski definition) is 1. The van der Waals surface area contributed by atoms with Gasteiger partial charge in [-0.15, -0.1) is 0 Å². The van der Waals surface area contributed by atoms with Crippen LogP contribution in [0.3, 0.4) is 0 Å². The van der Waals surface area contributed by atoms with E-state index in [2.05, 4.69) is 73.8 Å². The van der Waals surface area contributed by atoms with E-state index in [1.165, 1.54) is 23.2 Å². The lowest BCUT2D eigenvalue weighted by atomic mass is 10.0. The molecule has 0 fully saturated rings. The van der Waals surface area contributed by atoms with Gasteiger partial charge in [-0.1, -0.05) is 62.7 Å². The Labute approximate surface area is 116 Å². The molecule has 1 unspecified atom stereocenters. The van der Waals surface area contributed by atoms with Gasteiger partial charge in [0.15, 0.2) is 0 Å². The van der Waals surface area contributed by atoms with E-state index in [0.29, 0.717) is 6.04 Å². The third kappa shape index (κ3) is 3.85. The summed E-state index contributed by atoms with van der Waals surface area (Å²) in [5.74, 6) is 0. The fourth-order valence-corrected chi connectivity index (χ4v) is 2.36. The summed E-state index contributed by atoms with van der Waals surface area (Å²) in [5, 5.41) is 3.61. The maximum absolute atomic E-state index is 3.61. The Kier molecular flexibility index (Phi) is 5.02. The molecule has 1 heteroatoms. The second kappa shape index (κ2) is 6.98. The van der Waals surface area contributed by atoms with Crippen LogP contribution in [-0.2, 0) is 6.42 Å². The van der Waals surface area contributed by atoms with Crippen molar-refractivity contribution in [1.29, 1.82) is 0 Å². The van der Waals surface area contributed by atoms with Gasteiger partial charge < -0.3 is 5.32 Å². The lowest BCUT2D eigenvalue weighted by Crippen LogP contribution is -2.09. The van der Waals surface area contributed by atoms with Crippen LogP contribution in [0.4, 0.5) is 5.69 Å². The topological polar surface area (TPSA) is 12.0 Å². The first-order valence-electron chi connectivity index (χ1n) is 7.24. The molecule has 1 nitrogen and oxygen atoms in total. The van der Waals surface area contributed by atoms with E-state index in [9.17, 15) is 0 Å². The third-order valence-corrected chi connectivity index (χ3v) is 3.44. The molecule has 0 bridgehead atoms. The summed E-state index contributed by atoms with van der Waals surface area (Å²) in [6.07, 6.45) is 3.45. The minimum atomic E-state index is 0.387. The quantitative estimate of drug-likeness (QED) is 0.746. The van der Waals surface area contributed by atoms with E-state index in [1.54, 1.807) is 0 Å². The molecule has 1 atom stereocenters. The number of nitrogens with one attached hydrogen (secondary N) is 1. The van der Waals surface area contributed by atoms with Crippen molar-refractivity contribution in [2.24, 2.45) is 0 Å². The van der Waals surface area contributed by atoms with Gasteiger partial charge in [-0.05, 0) is 36.1 Å². The largest absolute Gasteiger partial charge is 0.378 e. The molecule has 0 spiro atoms. The average molecular weight is 253 g/mol. The van der Waals surface area contributed by atoms with Crippen molar-refractivity contribution in [3.8, 4) is 0 Å². The van der Waals surface area contributed by atoms with Crippen molar-refractivity contribution >= 4 is 5.69 Å². The van der Waals surface area contributed by atoms with Crippen LogP contribution in [0, 0.1) is 0 Å². The van der Waals surface area contributed by atoms with E-state index < -0.39 is 0 Å². The van der Waals surface area contributed by atoms with Crippen LogP contribution in [0.2, 0.25) is 0 Å². The van der Waals surface area contributed by atoms with E-state index in [4.69, 9.17) is 0 Å². The molecular weight excluding hydrogens is 230 g/mol. The predicted molar refractivity (Wildman–Crippen MR) is 83.5 cm³/mol. The molecule has 0 aliphatic rings. The molecule has 19 heavy (non-hydrogen) atoms. The van der Waals surface area contributed by atoms with Gasteiger partial charge in [-0.2, -0.15) is 0 Å². The number of anilines is 1. The van der Waals surface area contributed by atoms with Gasteiger partial charge in [0.25, 0.3) is 0 Å². The van der Waals surface area contributed by atoms with Gasteiger partial charge in [0, 0.05) is 5.69 Å². The summed E-state index contributed by atoms with van der Waals surface area (Å²) in [5.41, 5.74) is 3.97. The highest BCUT2D eigenvalue weighted by Gasteiger charge is 2.08. The molecule has 2 aromatic rings. The Morgan fingerprint density at radius 1 is 0.895 bits per heavy atom. The van der Waals surface area contributed by atoms with Crippen LogP contribution >= 0.6 is 0 Å². The van der Waals surface area contributed by atoms with Crippen molar-refractivity contribution in [2.45, 2.75) is 39.2 Å². The zero-order chi connectivity index (χ0) is 13.5. The van der Waals surface area contributed by atoms with Crippen LogP contribution in [0.25, 0.3) is 0 Å². The van der Waals surface area contributed by atoms with Crippen molar-refractivity contribution in [3.05, 3.63) is 65.7 Å². The summed E-state index contributed by atoms with van der Waals surface area (Å²) in [7, 11) is 0. The number of benzene rings is 2. The second-order valence-electron chi connectivity index (χ2n) is 4.96. The fourth-order valence-electron chi connectivity index (χ4n) is 2.36. The van der Waals surface area contributed by atoms with Gasteiger partial charge >= 0.3 is 0 Å². The monoisotopic (exact) mass is 253 g/mol. The molecule has 0 radical (unpaired) electrons. The third-order valence-electron chi connectivity index (χ3n) is 3.44. The maximum atomic E-state index is 3.61. The molecule has 0 aromatic heterocycles. The van der Waals surface area contributed by atoms with Crippen molar-refractivity contribution < 1.29 is 0 Å². The first-order chi connectivity index (χ1) is 9.33. The van der Waals surface area contributed by atoms with Crippen LogP contribution in [0.15, 0.2) is 54.6 Å². The Morgan fingerprint density at radius 2 is 1.58 bits per heavy atom. The van der Waals surface area contributed by atoms with Crippen LogP contribution in [0.1, 0.15) is 43.9 Å². The minimum absolute atomic E-state index is 0.387. The van der Waals surface area contributed by atoms with E-state index >= 15 is 0 Å². The van der Waals surface area contributed by atoms with E-state index in [1.807, 2.05) is 0 Å². The molecule has 0 amide bonds. The maximum Gasteiger partial charge on any atom is 0.0511 e. The summed E-state index contributed by atoms with van der Waals surface area (Å²) >= 11 is 0. The van der Waals surface area contributed by atoms with Gasteiger partial charge in [-0.3, -0.25) is 0 Å². The summed E-state index contributed by atoms with van der Waals surface area (Å²) in [6.45, 7) is 4.44. The van der Waals surface area contributed by atoms with Crippen LogP contribution in [0.5, 0.6) is 0 Å². The molecule has 0 saturated carbocycles. The Morgan fingerprint density at radius 3 is 2.16 bits per heavy atom. The first-order valence-corrected chi connectivity index (χ1v) is 7.24. The fraction of sp³-hybridized carbons (Fsp3) is 0.333. The minimum Gasteiger partial charge on any atom is -0.378 e. The predicted octanol–water partition coefficient (Wildman–Crippen LogP) is 5.20. The number of rotatable bonds is 6. The van der Waals surface area contributed by atoms with Crippen molar-refractivity contribution in [3.63, 3.8) is 0 Å². The standard InChI is InChI=1S/C18H23N/c1-3-8-15-11-13-17(14-12-15)19-18(4-2)16-9-6-5-7-10-16/h5-7,9-14,18-19H,3-4,8H2,1-2H3. The number of aryl methyl sites for hydroxylation is 1. The molecule has 2 rings (SSSR count). The molecule has 0 heterocycles. The molecule has 0 aliphatic carbocycles. The van der Waals surface area contributed by atoms with E-state index in [0.717, 1.165) is 12.8 Å².